The van der Waals surface area contributed by atoms with E-state index in [2.05, 4.69) is 4.98 Å². The zero-order valence-corrected chi connectivity index (χ0v) is 22.4. The van der Waals surface area contributed by atoms with Crippen molar-refractivity contribution in [3.05, 3.63) is 112 Å². The van der Waals surface area contributed by atoms with Gasteiger partial charge in [-0.25, -0.2) is 14.4 Å². The summed E-state index contributed by atoms with van der Waals surface area (Å²) < 4.78 is 21.2. The maximum atomic E-state index is 13.4. The largest absolute Gasteiger partial charge is 0.487 e. The van der Waals surface area contributed by atoms with Crippen molar-refractivity contribution in [3.63, 3.8) is 0 Å². The Balaban J connectivity index is 1.46. The highest BCUT2D eigenvalue weighted by molar-refractivity contribution is 8.15. The Morgan fingerprint density at radius 1 is 1.05 bits per heavy atom. The van der Waals surface area contributed by atoms with E-state index in [1.54, 1.807) is 36.7 Å². The molecule has 0 radical (unpaired) electrons. The van der Waals surface area contributed by atoms with E-state index >= 15 is 0 Å². The van der Waals surface area contributed by atoms with E-state index in [9.17, 15) is 19.7 Å². The molecule has 3 unspecified atom stereocenters. The second kappa shape index (κ2) is 12.2. The van der Waals surface area contributed by atoms with Gasteiger partial charge in [-0.05, 0) is 46.8 Å². The molecule has 3 aromatic carbocycles. The van der Waals surface area contributed by atoms with Crippen LogP contribution in [0.3, 0.4) is 0 Å². The zero-order chi connectivity index (χ0) is 27.4. The highest BCUT2D eigenvalue weighted by Crippen LogP contribution is 2.38. The Morgan fingerprint density at radius 2 is 1.85 bits per heavy atom. The Bertz CT molecular complexity index is 1580. The van der Waals surface area contributed by atoms with Crippen molar-refractivity contribution in [3.8, 4) is 5.75 Å². The Kier molecular flexibility index (Phi) is 8.54. The number of aliphatic hydroxyl groups excluding tert-OH is 3. The van der Waals surface area contributed by atoms with Gasteiger partial charge in [-0.1, -0.05) is 54.1 Å². The van der Waals surface area contributed by atoms with Gasteiger partial charge in [0.15, 0.2) is 5.49 Å². The number of hydrogen-bond donors (Lipinski definition) is 3. The van der Waals surface area contributed by atoms with Crippen molar-refractivity contribution >= 4 is 33.1 Å². The van der Waals surface area contributed by atoms with E-state index in [0.29, 0.717) is 40.5 Å². The number of ether oxygens (including phenoxy) is 1. The van der Waals surface area contributed by atoms with Gasteiger partial charge in [-0.3, -0.25) is 0 Å². The summed E-state index contributed by atoms with van der Waals surface area (Å²) in [5.41, 5.74) is 2.48. The van der Waals surface area contributed by atoms with Crippen LogP contribution in [0.2, 0.25) is 5.02 Å². The van der Waals surface area contributed by atoms with E-state index in [1.807, 2.05) is 40.3 Å². The van der Waals surface area contributed by atoms with Gasteiger partial charge in [0.1, 0.15) is 29.7 Å². The molecule has 0 aliphatic carbocycles. The molecule has 1 aromatic heterocycles. The molecule has 0 saturated heterocycles. The lowest BCUT2D eigenvalue weighted by molar-refractivity contribution is 0.0281. The third kappa shape index (κ3) is 6.29. The molecule has 202 valence electrons. The number of benzene rings is 3. The van der Waals surface area contributed by atoms with Crippen LogP contribution in [0, 0.1) is 5.82 Å². The van der Waals surface area contributed by atoms with Gasteiger partial charge in [-0.15, -0.1) is 10.5 Å². The third-order valence-electron chi connectivity index (χ3n) is 6.20. The molecule has 10 heteroatoms. The predicted molar refractivity (Wildman–Crippen MR) is 150 cm³/mol. The van der Waals surface area contributed by atoms with Crippen LogP contribution in [0.25, 0.3) is 0 Å². The Hall–Kier alpha value is -3.34. The molecule has 5 rings (SSSR count). The van der Waals surface area contributed by atoms with E-state index in [4.69, 9.17) is 21.3 Å². The number of nitrogens with zero attached hydrogens (tertiary/aromatic N) is 3. The van der Waals surface area contributed by atoms with Crippen LogP contribution in [0.5, 0.6) is 5.75 Å². The highest BCUT2D eigenvalue weighted by Gasteiger charge is 2.28. The molecule has 3 atom stereocenters. The van der Waals surface area contributed by atoms with Crippen LogP contribution in [0.15, 0.2) is 89.1 Å². The first-order chi connectivity index (χ1) is 18.9. The van der Waals surface area contributed by atoms with Crippen LogP contribution in [0.4, 0.5) is 10.1 Å². The number of fused-ring (bicyclic) bond motifs is 1. The molecule has 39 heavy (non-hydrogen) atoms. The van der Waals surface area contributed by atoms with E-state index < -0.39 is 28.6 Å². The fourth-order valence-electron chi connectivity index (χ4n) is 4.28. The number of aliphatic hydroxyl groups is 3. The van der Waals surface area contributed by atoms with Crippen molar-refractivity contribution < 1.29 is 24.4 Å². The summed E-state index contributed by atoms with van der Waals surface area (Å²) in [4.78, 5) is 9.34. The number of halogens is 2. The summed E-state index contributed by atoms with van der Waals surface area (Å²) in [5, 5.41) is 33.5. The number of aromatic nitrogens is 2. The molecule has 0 bridgehead atoms. The van der Waals surface area contributed by atoms with Gasteiger partial charge in [-0.2, -0.15) is 0 Å². The van der Waals surface area contributed by atoms with Gasteiger partial charge in [0.2, 0.25) is 0 Å². The summed E-state index contributed by atoms with van der Waals surface area (Å²) >= 11 is 6.47. The molecule has 3 N–H and O–H groups in total. The first kappa shape index (κ1) is 27.2. The fraction of sp³-hybridized carbons (Fsp3) is 0.207. The minimum atomic E-state index is -1.27. The monoisotopic (exact) mass is 567 g/mol. The van der Waals surface area contributed by atoms with Crippen molar-refractivity contribution in [2.45, 2.75) is 36.1 Å². The lowest BCUT2D eigenvalue weighted by Crippen LogP contribution is -2.28. The van der Waals surface area contributed by atoms with Crippen molar-refractivity contribution in [2.24, 2.45) is 4.99 Å². The quantitative estimate of drug-likeness (QED) is 0.208. The SMILES string of the molecule is OCC(O)C(O)S1=CCc2c1n(Cc1ccccc1)cnc2=Nc1ccc(OCc2cccc(F)c2)c(Cl)c1. The van der Waals surface area contributed by atoms with Gasteiger partial charge >= 0.3 is 0 Å². The molecule has 2 heterocycles. The Labute approximate surface area is 232 Å². The molecular weight excluding hydrogens is 541 g/mol. The van der Waals surface area contributed by atoms with Gasteiger partial charge < -0.3 is 24.6 Å². The van der Waals surface area contributed by atoms with Crippen molar-refractivity contribution in [2.75, 3.05) is 6.61 Å². The van der Waals surface area contributed by atoms with E-state index in [1.165, 1.54) is 12.1 Å². The van der Waals surface area contributed by atoms with E-state index in [-0.39, 0.29) is 12.4 Å². The van der Waals surface area contributed by atoms with Crippen LogP contribution in [-0.4, -0.2) is 48.4 Å². The zero-order valence-electron chi connectivity index (χ0n) is 20.8. The molecule has 0 amide bonds. The molecule has 0 saturated carbocycles. The van der Waals surface area contributed by atoms with Crippen LogP contribution in [-0.2, 0) is 19.6 Å². The molecule has 4 aromatic rings. The molecule has 0 spiro atoms. The molecule has 1 aliphatic rings. The lowest BCUT2D eigenvalue weighted by Gasteiger charge is -2.22. The summed E-state index contributed by atoms with van der Waals surface area (Å²) in [6, 6.07) is 21.2. The molecule has 0 fully saturated rings. The van der Waals surface area contributed by atoms with Gasteiger partial charge in [0.25, 0.3) is 0 Å². The minimum absolute atomic E-state index is 0.170. The molecule has 1 aliphatic heterocycles. The summed E-state index contributed by atoms with van der Waals surface area (Å²) in [5.74, 6) is 0.116. The van der Waals surface area contributed by atoms with Crippen LogP contribution < -0.4 is 10.2 Å². The standard InChI is InChI=1S/C29H27ClFN3O4S/c30-24-14-22(9-10-26(24)38-17-20-7-4-8-21(31)13-20)33-27-23-11-12-39(29(37)25(36)16-35)28(23)34(18-32-27)15-19-5-2-1-3-6-19/h1-10,12-14,18,25,29,35-37H,11,15-17H2. The first-order valence-corrected chi connectivity index (χ1v) is 14.0. The first-order valence-electron chi connectivity index (χ1n) is 12.3. The second-order valence-electron chi connectivity index (χ2n) is 8.99. The molecular formula is C29H27ClFN3O4S. The van der Waals surface area contributed by atoms with Crippen molar-refractivity contribution in [1.29, 1.82) is 0 Å². The van der Waals surface area contributed by atoms with Crippen LogP contribution in [0.1, 0.15) is 16.7 Å². The second-order valence-corrected chi connectivity index (χ2v) is 11.3. The fourth-order valence-corrected chi connectivity index (χ4v) is 6.71. The van der Waals surface area contributed by atoms with Gasteiger partial charge in [0, 0.05) is 18.5 Å². The van der Waals surface area contributed by atoms with Gasteiger partial charge in [0.05, 0.1) is 28.7 Å². The Morgan fingerprint density at radius 3 is 2.59 bits per heavy atom. The highest BCUT2D eigenvalue weighted by atomic mass is 35.5. The summed E-state index contributed by atoms with van der Waals surface area (Å²) in [7, 11) is -0.850. The minimum Gasteiger partial charge on any atom is -0.487 e. The number of hydrogen-bond acceptors (Lipinski definition) is 6. The summed E-state index contributed by atoms with van der Waals surface area (Å²) in [6.07, 6.45) is 0.908. The maximum Gasteiger partial charge on any atom is 0.160 e. The topological polar surface area (TPSA) is 100 Å². The van der Waals surface area contributed by atoms with E-state index in [0.717, 1.165) is 16.2 Å². The third-order valence-corrected chi connectivity index (χ3v) is 8.79. The average molecular weight is 568 g/mol. The smallest absolute Gasteiger partial charge is 0.160 e. The van der Waals surface area contributed by atoms with Crippen molar-refractivity contribution in [1.82, 2.24) is 9.55 Å². The normalized spacial score (nSPS) is 16.4. The lowest BCUT2D eigenvalue weighted by atomic mass is 10.2. The predicted octanol–water partition coefficient (Wildman–Crippen LogP) is 4.19. The van der Waals surface area contributed by atoms with Crippen LogP contribution >= 0.6 is 22.1 Å². The number of rotatable bonds is 9. The summed E-state index contributed by atoms with van der Waals surface area (Å²) in [6.45, 7) is 0.156. The molecule has 7 nitrogen and oxygen atoms in total. The average Bonchev–Trinajstić information content (AvgIpc) is 3.40. The maximum absolute atomic E-state index is 13.4.